The fraction of sp³-hybridized carbons (Fsp3) is 0.538. The van der Waals surface area contributed by atoms with Crippen molar-refractivity contribution in [1.82, 2.24) is 4.98 Å². The first kappa shape index (κ1) is 13.5. The molecule has 0 fully saturated rings. The van der Waals surface area contributed by atoms with Crippen molar-refractivity contribution in [2.75, 3.05) is 24.6 Å². The molecule has 0 radical (unpaired) electrons. The lowest BCUT2D eigenvalue weighted by Crippen LogP contribution is -2.32. The van der Waals surface area contributed by atoms with Gasteiger partial charge in [-0.1, -0.05) is 6.92 Å². The summed E-state index contributed by atoms with van der Waals surface area (Å²) < 4.78 is 4.96. The Morgan fingerprint density at radius 3 is 2.82 bits per heavy atom. The van der Waals surface area contributed by atoms with Crippen LogP contribution in [-0.4, -0.2) is 30.6 Å². The molecule has 0 saturated heterocycles. The van der Waals surface area contributed by atoms with E-state index in [1.165, 1.54) is 0 Å². The van der Waals surface area contributed by atoms with E-state index in [0.29, 0.717) is 6.61 Å². The summed E-state index contributed by atoms with van der Waals surface area (Å²) in [6.45, 7) is 7.38. The normalized spacial score (nSPS) is 10.1. The molecular formula is C13H20N2O2. The highest BCUT2D eigenvalue weighted by Crippen LogP contribution is 2.12. The number of esters is 1. The number of aromatic nitrogens is 1. The highest BCUT2D eigenvalue weighted by atomic mass is 16.5. The van der Waals surface area contributed by atoms with Crippen molar-refractivity contribution in [2.45, 2.75) is 27.2 Å². The molecule has 1 rings (SSSR count). The lowest BCUT2D eigenvalue weighted by molar-refractivity contribution is -0.141. The highest BCUT2D eigenvalue weighted by Gasteiger charge is 2.12. The van der Waals surface area contributed by atoms with E-state index in [9.17, 15) is 4.79 Å². The average molecular weight is 236 g/mol. The number of pyridine rings is 1. The lowest BCUT2D eigenvalue weighted by atomic mass is 10.3. The van der Waals surface area contributed by atoms with Crippen LogP contribution < -0.4 is 4.90 Å². The Morgan fingerprint density at radius 2 is 2.24 bits per heavy atom. The molecule has 0 atom stereocenters. The van der Waals surface area contributed by atoms with Crippen molar-refractivity contribution >= 4 is 11.8 Å². The zero-order chi connectivity index (χ0) is 12.7. The van der Waals surface area contributed by atoms with Gasteiger partial charge in [-0.25, -0.2) is 4.98 Å². The molecule has 0 aliphatic heterocycles. The van der Waals surface area contributed by atoms with Gasteiger partial charge < -0.3 is 9.64 Å². The minimum Gasteiger partial charge on any atom is -0.465 e. The van der Waals surface area contributed by atoms with Gasteiger partial charge >= 0.3 is 5.97 Å². The van der Waals surface area contributed by atoms with Gasteiger partial charge in [-0.3, -0.25) is 4.79 Å². The maximum Gasteiger partial charge on any atom is 0.325 e. The first-order chi connectivity index (χ1) is 8.17. The number of anilines is 1. The minimum absolute atomic E-state index is 0.204. The summed E-state index contributed by atoms with van der Waals surface area (Å²) in [6, 6.07) is 3.92. The number of hydrogen-bond donors (Lipinski definition) is 0. The highest BCUT2D eigenvalue weighted by molar-refractivity contribution is 5.75. The fourth-order valence-corrected chi connectivity index (χ4v) is 1.60. The molecule has 94 valence electrons. The maximum absolute atomic E-state index is 11.5. The Labute approximate surface area is 103 Å². The molecule has 0 aliphatic rings. The molecular weight excluding hydrogens is 216 g/mol. The van der Waals surface area contributed by atoms with Crippen LogP contribution in [0.5, 0.6) is 0 Å². The number of rotatable bonds is 6. The van der Waals surface area contributed by atoms with Crippen LogP contribution in [0.2, 0.25) is 0 Å². The number of carbonyl (C=O) groups excluding carboxylic acids is 1. The summed E-state index contributed by atoms with van der Waals surface area (Å²) in [5.74, 6) is 0.629. The Hall–Kier alpha value is -1.58. The Balaban J connectivity index is 2.74. The van der Waals surface area contributed by atoms with Crippen LogP contribution in [-0.2, 0) is 9.53 Å². The zero-order valence-electron chi connectivity index (χ0n) is 10.8. The number of carbonyl (C=O) groups is 1. The molecule has 1 heterocycles. The van der Waals surface area contributed by atoms with Gasteiger partial charge in [-0.05, 0) is 38.0 Å². The van der Waals surface area contributed by atoms with Crippen LogP contribution in [0, 0.1) is 6.92 Å². The quantitative estimate of drug-likeness (QED) is 0.710. The molecule has 4 heteroatoms. The smallest absolute Gasteiger partial charge is 0.325 e. The van der Waals surface area contributed by atoms with Gasteiger partial charge in [0.2, 0.25) is 0 Å². The lowest BCUT2D eigenvalue weighted by Gasteiger charge is -2.22. The van der Waals surface area contributed by atoms with Gasteiger partial charge in [0.05, 0.1) is 6.61 Å². The van der Waals surface area contributed by atoms with Gasteiger partial charge in [0.25, 0.3) is 0 Å². The second-order valence-electron chi connectivity index (χ2n) is 3.92. The van der Waals surface area contributed by atoms with Crippen molar-refractivity contribution in [3.8, 4) is 0 Å². The number of aryl methyl sites for hydroxylation is 1. The third-order valence-electron chi connectivity index (χ3n) is 2.34. The SMILES string of the molecule is CCCN(CC(=O)OCC)c1cc(C)ccn1. The Morgan fingerprint density at radius 1 is 1.47 bits per heavy atom. The third-order valence-corrected chi connectivity index (χ3v) is 2.34. The molecule has 0 bridgehead atoms. The molecule has 0 spiro atoms. The molecule has 1 aromatic heterocycles. The van der Waals surface area contributed by atoms with Crippen molar-refractivity contribution in [1.29, 1.82) is 0 Å². The topological polar surface area (TPSA) is 42.4 Å². The monoisotopic (exact) mass is 236 g/mol. The largest absolute Gasteiger partial charge is 0.465 e. The predicted molar refractivity (Wildman–Crippen MR) is 68.1 cm³/mol. The Kier molecular flexibility index (Phi) is 5.46. The summed E-state index contributed by atoms with van der Waals surface area (Å²) in [4.78, 5) is 17.7. The van der Waals surface area contributed by atoms with Crippen LogP contribution in [0.1, 0.15) is 25.8 Å². The van der Waals surface area contributed by atoms with Crippen LogP contribution in [0.25, 0.3) is 0 Å². The second kappa shape index (κ2) is 6.89. The summed E-state index contributed by atoms with van der Waals surface area (Å²) >= 11 is 0. The van der Waals surface area contributed by atoms with Gasteiger partial charge in [0, 0.05) is 12.7 Å². The molecule has 0 amide bonds. The predicted octanol–water partition coefficient (Wildman–Crippen LogP) is 2.17. The molecule has 1 aromatic rings. The first-order valence-electron chi connectivity index (χ1n) is 6.00. The molecule has 0 unspecified atom stereocenters. The summed E-state index contributed by atoms with van der Waals surface area (Å²) in [5, 5.41) is 0. The summed E-state index contributed by atoms with van der Waals surface area (Å²) in [5.41, 5.74) is 1.14. The van der Waals surface area contributed by atoms with E-state index in [1.54, 1.807) is 6.20 Å². The van der Waals surface area contributed by atoms with Crippen LogP contribution >= 0.6 is 0 Å². The van der Waals surface area contributed by atoms with Crippen LogP contribution in [0.4, 0.5) is 5.82 Å². The van der Waals surface area contributed by atoms with E-state index in [-0.39, 0.29) is 12.5 Å². The first-order valence-corrected chi connectivity index (χ1v) is 6.00. The van der Waals surface area contributed by atoms with Crippen molar-refractivity contribution in [3.63, 3.8) is 0 Å². The third kappa shape index (κ3) is 4.43. The number of ether oxygens (including phenoxy) is 1. The van der Waals surface area contributed by atoms with Crippen LogP contribution in [0.15, 0.2) is 18.3 Å². The average Bonchev–Trinajstić information content (AvgIpc) is 2.29. The van der Waals surface area contributed by atoms with Gasteiger partial charge in [-0.15, -0.1) is 0 Å². The standard InChI is InChI=1S/C13H20N2O2/c1-4-8-15(10-13(16)17-5-2)12-9-11(3)6-7-14-12/h6-7,9H,4-5,8,10H2,1-3H3. The van der Waals surface area contributed by atoms with Gasteiger partial charge in [-0.2, -0.15) is 0 Å². The van der Waals surface area contributed by atoms with E-state index in [1.807, 2.05) is 30.9 Å². The molecule has 4 nitrogen and oxygen atoms in total. The maximum atomic E-state index is 11.5. The molecule has 0 aromatic carbocycles. The number of nitrogens with zero attached hydrogens (tertiary/aromatic N) is 2. The summed E-state index contributed by atoms with van der Waals surface area (Å²) in [7, 11) is 0. The fourth-order valence-electron chi connectivity index (χ4n) is 1.60. The molecule has 0 saturated carbocycles. The van der Waals surface area contributed by atoms with E-state index in [2.05, 4.69) is 11.9 Å². The van der Waals surface area contributed by atoms with E-state index in [4.69, 9.17) is 4.74 Å². The van der Waals surface area contributed by atoms with Gasteiger partial charge in [0.15, 0.2) is 0 Å². The van der Waals surface area contributed by atoms with Crippen LogP contribution in [0.3, 0.4) is 0 Å². The number of hydrogen-bond acceptors (Lipinski definition) is 4. The Bertz CT molecular complexity index is 366. The van der Waals surface area contributed by atoms with E-state index < -0.39 is 0 Å². The van der Waals surface area contributed by atoms with Crippen molar-refractivity contribution < 1.29 is 9.53 Å². The minimum atomic E-state index is -0.204. The van der Waals surface area contributed by atoms with E-state index >= 15 is 0 Å². The zero-order valence-corrected chi connectivity index (χ0v) is 10.8. The molecule has 0 N–H and O–H groups in total. The van der Waals surface area contributed by atoms with Crippen molar-refractivity contribution in [2.24, 2.45) is 0 Å². The summed E-state index contributed by atoms with van der Waals surface area (Å²) in [6.07, 6.45) is 2.73. The van der Waals surface area contributed by atoms with E-state index in [0.717, 1.165) is 24.3 Å². The van der Waals surface area contributed by atoms with Gasteiger partial charge in [0.1, 0.15) is 12.4 Å². The molecule has 17 heavy (non-hydrogen) atoms. The molecule has 0 aliphatic carbocycles. The van der Waals surface area contributed by atoms with Crippen molar-refractivity contribution in [3.05, 3.63) is 23.9 Å². The second-order valence-corrected chi connectivity index (χ2v) is 3.92.